The van der Waals surface area contributed by atoms with Gasteiger partial charge in [-0.15, -0.1) is 0 Å². The van der Waals surface area contributed by atoms with E-state index in [1.165, 1.54) is 0 Å². The Bertz CT molecular complexity index is 625. The molecule has 0 aliphatic heterocycles. The van der Waals surface area contributed by atoms with Crippen molar-refractivity contribution in [3.05, 3.63) is 34.3 Å². The normalized spacial score (nSPS) is 18.1. The fourth-order valence-corrected chi connectivity index (χ4v) is 3.30. The molecular weight excluding hydrogens is 298 g/mol. The fraction of sp³-hybridized carbons (Fsp3) is 0.500. The molecule has 0 bridgehead atoms. The smallest absolute Gasteiger partial charge is 0.235 e. The SMILES string of the molecule is CC(C)S(=O)(=O)CC(=O)NC1CCc2cc(Cl)ccc21. The van der Waals surface area contributed by atoms with Gasteiger partial charge in [-0.3, -0.25) is 4.79 Å². The fourth-order valence-electron chi connectivity index (χ4n) is 2.32. The van der Waals surface area contributed by atoms with E-state index in [2.05, 4.69) is 5.32 Å². The molecule has 4 nitrogen and oxygen atoms in total. The minimum Gasteiger partial charge on any atom is -0.348 e. The Kier molecular flexibility index (Phi) is 4.39. The van der Waals surface area contributed by atoms with Crippen LogP contribution in [0.15, 0.2) is 18.2 Å². The van der Waals surface area contributed by atoms with Gasteiger partial charge in [-0.2, -0.15) is 0 Å². The van der Waals surface area contributed by atoms with E-state index in [-0.39, 0.29) is 6.04 Å². The maximum absolute atomic E-state index is 11.9. The van der Waals surface area contributed by atoms with Gasteiger partial charge in [-0.05, 0) is 49.9 Å². The van der Waals surface area contributed by atoms with Gasteiger partial charge >= 0.3 is 0 Å². The highest BCUT2D eigenvalue weighted by atomic mass is 35.5. The number of carbonyl (C=O) groups excluding carboxylic acids is 1. The summed E-state index contributed by atoms with van der Waals surface area (Å²) in [5, 5.41) is 2.94. The van der Waals surface area contributed by atoms with Crippen molar-refractivity contribution >= 4 is 27.3 Å². The van der Waals surface area contributed by atoms with Crippen molar-refractivity contribution in [1.29, 1.82) is 0 Å². The molecule has 0 saturated heterocycles. The second-order valence-electron chi connectivity index (χ2n) is 5.36. The van der Waals surface area contributed by atoms with Crippen molar-refractivity contribution in [2.45, 2.75) is 38.0 Å². The quantitative estimate of drug-likeness (QED) is 0.927. The molecule has 1 aliphatic carbocycles. The van der Waals surface area contributed by atoms with Crippen molar-refractivity contribution < 1.29 is 13.2 Å². The largest absolute Gasteiger partial charge is 0.348 e. The standard InChI is InChI=1S/C14H18ClNO3S/c1-9(2)20(18,19)8-14(17)16-13-6-3-10-7-11(15)4-5-12(10)13/h4-5,7,9,13H,3,6,8H2,1-2H3,(H,16,17). The number of aryl methyl sites for hydroxylation is 1. The molecule has 20 heavy (non-hydrogen) atoms. The molecule has 1 unspecified atom stereocenters. The molecule has 1 N–H and O–H groups in total. The van der Waals surface area contributed by atoms with Gasteiger partial charge in [0, 0.05) is 5.02 Å². The van der Waals surface area contributed by atoms with E-state index in [9.17, 15) is 13.2 Å². The average Bonchev–Trinajstić information content (AvgIpc) is 2.70. The van der Waals surface area contributed by atoms with Crippen LogP contribution in [-0.2, 0) is 21.1 Å². The zero-order valence-corrected chi connectivity index (χ0v) is 13.1. The molecular formula is C14H18ClNO3S. The highest BCUT2D eigenvalue weighted by molar-refractivity contribution is 7.92. The third kappa shape index (κ3) is 3.33. The third-order valence-electron chi connectivity index (χ3n) is 3.57. The molecule has 1 atom stereocenters. The molecule has 0 saturated carbocycles. The monoisotopic (exact) mass is 315 g/mol. The first-order valence-corrected chi connectivity index (χ1v) is 8.68. The highest BCUT2D eigenvalue weighted by Crippen LogP contribution is 2.32. The predicted molar refractivity (Wildman–Crippen MR) is 79.6 cm³/mol. The lowest BCUT2D eigenvalue weighted by molar-refractivity contribution is -0.119. The van der Waals surface area contributed by atoms with Crippen LogP contribution in [0.25, 0.3) is 0 Å². The van der Waals surface area contributed by atoms with Gasteiger partial charge in [0.05, 0.1) is 11.3 Å². The summed E-state index contributed by atoms with van der Waals surface area (Å²) in [6, 6.07) is 5.47. The summed E-state index contributed by atoms with van der Waals surface area (Å²) in [7, 11) is -3.36. The van der Waals surface area contributed by atoms with Crippen LogP contribution in [0.5, 0.6) is 0 Å². The number of amides is 1. The molecule has 0 fully saturated rings. The molecule has 110 valence electrons. The Hall–Kier alpha value is -1.07. The summed E-state index contributed by atoms with van der Waals surface area (Å²) in [6.45, 7) is 3.16. The lowest BCUT2D eigenvalue weighted by atomic mass is 10.1. The molecule has 1 aliphatic rings. The number of halogens is 1. The van der Waals surface area contributed by atoms with Crippen molar-refractivity contribution in [2.75, 3.05) is 5.75 Å². The molecule has 0 spiro atoms. The molecule has 0 radical (unpaired) electrons. The zero-order chi connectivity index (χ0) is 14.9. The summed E-state index contributed by atoms with van der Waals surface area (Å²) < 4.78 is 23.5. The summed E-state index contributed by atoms with van der Waals surface area (Å²) in [5.41, 5.74) is 2.15. The second kappa shape index (κ2) is 5.74. The van der Waals surface area contributed by atoms with Crippen LogP contribution in [0.2, 0.25) is 5.02 Å². The van der Waals surface area contributed by atoms with E-state index in [1.807, 2.05) is 12.1 Å². The Balaban J connectivity index is 2.05. The van der Waals surface area contributed by atoms with E-state index < -0.39 is 26.7 Å². The molecule has 2 rings (SSSR count). The minimum absolute atomic E-state index is 0.114. The van der Waals surface area contributed by atoms with Gasteiger partial charge in [0.2, 0.25) is 5.91 Å². The van der Waals surface area contributed by atoms with Crippen molar-refractivity contribution in [1.82, 2.24) is 5.32 Å². The van der Waals surface area contributed by atoms with Crippen LogP contribution in [0, 0.1) is 0 Å². The topological polar surface area (TPSA) is 63.2 Å². The van der Waals surface area contributed by atoms with E-state index in [0.717, 1.165) is 24.0 Å². The molecule has 1 aromatic rings. The van der Waals surface area contributed by atoms with Crippen LogP contribution >= 0.6 is 11.6 Å². The summed E-state index contributed by atoms with van der Waals surface area (Å²) in [5.74, 6) is -0.893. The number of fused-ring (bicyclic) bond motifs is 1. The van der Waals surface area contributed by atoms with Crippen molar-refractivity contribution in [3.63, 3.8) is 0 Å². The van der Waals surface area contributed by atoms with Crippen molar-refractivity contribution in [3.8, 4) is 0 Å². The Morgan fingerprint density at radius 3 is 2.80 bits per heavy atom. The van der Waals surface area contributed by atoms with Crippen LogP contribution in [0.4, 0.5) is 0 Å². The van der Waals surface area contributed by atoms with E-state index in [4.69, 9.17) is 11.6 Å². The second-order valence-corrected chi connectivity index (χ2v) is 8.35. The number of carbonyl (C=O) groups is 1. The maximum Gasteiger partial charge on any atom is 0.235 e. The number of hydrogen-bond acceptors (Lipinski definition) is 3. The van der Waals surface area contributed by atoms with E-state index >= 15 is 0 Å². The molecule has 1 aromatic carbocycles. The van der Waals surface area contributed by atoms with Crippen LogP contribution in [0.1, 0.15) is 37.4 Å². The Labute approximate surface area is 124 Å². The maximum atomic E-state index is 11.9. The lowest BCUT2D eigenvalue weighted by Gasteiger charge is -2.15. The van der Waals surface area contributed by atoms with Crippen molar-refractivity contribution in [2.24, 2.45) is 0 Å². The molecule has 0 aromatic heterocycles. The number of hydrogen-bond donors (Lipinski definition) is 1. The van der Waals surface area contributed by atoms with Gasteiger partial charge in [-0.25, -0.2) is 8.42 Å². The summed E-state index contributed by atoms with van der Waals surface area (Å²) >= 11 is 5.93. The van der Waals surface area contributed by atoms with Gasteiger partial charge in [0.1, 0.15) is 5.75 Å². The first kappa shape index (κ1) is 15.3. The lowest BCUT2D eigenvalue weighted by Crippen LogP contribution is -2.35. The van der Waals surface area contributed by atoms with Crippen LogP contribution in [0.3, 0.4) is 0 Å². The zero-order valence-electron chi connectivity index (χ0n) is 11.5. The number of nitrogens with one attached hydrogen (secondary N) is 1. The summed E-state index contributed by atoms with van der Waals surface area (Å²) in [6.07, 6.45) is 1.63. The van der Waals surface area contributed by atoms with Gasteiger partial charge in [0.25, 0.3) is 0 Å². The predicted octanol–water partition coefficient (Wildman–Crippen LogP) is 2.27. The number of benzene rings is 1. The number of sulfone groups is 1. The van der Waals surface area contributed by atoms with Gasteiger partial charge in [-0.1, -0.05) is 17.7 Å². The minimum atomic E-state index is -3.36. The van der Waals surface area contributed by atoms with Crippen LogP contribution < -0.4 is 5.32 Å². The molecule has 6 heteroatoms. The molecule has 1 amide bonds. The average molecular weight is 316 g/mol. The Morgan fingerprint density at radius 2 is 2.15 bits per heavy atom. The molecule has 0 heterocycles. The Morgan fingerprint density at radius 1 is 1.45 bits per heavy atom. The number of rotatable bonds is 4. The third-order valence-corrected chi connectivity index (χ3v) is 5.90. The summed E-state index contributed by atoms with van der Waals surface area (Å²) in [4.78, 5) is 11.9. The first-order valence-electron chi connectivity index (χ1n) is 6.59. The highest BCUT2D eigenvalue weighted by Gasteiger charge is 2.27. The first-order chi connectivity index (χ1) is 9.29. The van der Waals surface area contributed by atoms with E-state index in [0.29, 0.717) is 5.02 Å². The van der Waals surface area contributed by atoms with Crippen LogP contribution in [-0.4, -0.2) is 25.3 Å². The van der Waals surface area contributed by atoms with Gasteiger partial charge < -0.3 is 5.32 Å². The van der Waals surface area contributed by atoms with Gasteiger partial charge in [0.15, 0.2) is 9.84 Å². The van der Waals surface area contributed by atoms with E-state index in [1.54, 1.807) is 19.9 Å².